The minimum atomic E-state index is -0.926. The quantitative estimate of drug-likeness (QED) is 0.543. The Labute approximate surface area is 181 Å². The lowest BCUT2D eigenvalue weighted by Crippen LogP contribution is -2.38. The van der Waals surface area contributed by atoms with Crippen molar-refractivity contribution in [2.45, 2.75) is 57.7 Å². The van der Waals surface area contributed by atoms with Crippen LogP contribution in [0.4, 0.5) is 5.69 Å². The van der Waals surface area contributed by atoms with E-state index in [0.29, 0.717) is 23.4 Å². The molecule has 0 bridgehead atoms. The molecule has 3 aromatic rings. The Morgan fingerprint density at radius 2 is 1.90 bits per heavy atom. The highest BCUT2D eigenvalue weighted by molar-refractivity contribution is 6.07. The third-order valence-corrected chi connectivity index (χ3v) is 5.86. The summed E-state index contributed by atoms with van der Waals surface area (Å²) < 4.78 is 1.80. The number of anilines is 1. The van der Waals surface area contributed by atoms with Crippen LogP contribution in [0.15, 0.2) is 42.7 Å². The van der Waals surface area contributed by atoms with Gasteiger partial charge in [-0.15, -0.1) is 0 Å². The Kier molecular flexibility index (Phi) is 6.16. The van der Waals surface area contributed by atoms with Crippen LogP contribution >= 0.6 is 0 Å². The zero-order valence-corrected chi connectivity index (χ0v) is 17.7. The molecule has 1 aliphatic rings. The number of aromatic nitrogens is 3. The molecular weight excluding hydrogens is 392 g/mol. The average molecular weight is 421 g/mol. The second-order valence-electron chi connectivity index (χ2n) is 7.94. The van der Waals surface area contributed by atoms with Gasteiger partial charge >= 0.3 is 0 Å². The molecule has 0 radical (unpaired) electrons. The number of nitrogens with two attached hydrogens (primary N) is 1. The fraction of sp³-hybridized carbons (Fsp3) is 0.391. The van der Waals surface area contributed by atoms with Crippen LogP contribution in [0.3, 0.4) is 0 Å². The molecule has 0 unspecified atom stereocenters. The van der Waals surface area contributed by atoms with Crippen molar-refractivity contribution in [3.63, 3.8) is 0 Å². The van der Waals surface area contributed by atoms with Gasteiger partial charge < -0.3 is 16.4 Å². The molecule has 0 spiro atoms. The lowest BCUT2D eigenvalue weighted by Gasteiger charge is -2.25. The topological polar surface area (TPSA) is 115 Å². The van der Waals surface area contributed by atoms with E-state index in [1.165, 1.54) is 19.3 Å². The maximum atomic E-state index is 13.3. The fourth-order valence-corrected chi connectivity index (χ4v) is 4.21. The predicted octanol–water partition coefficient (Wildman–Crippen LogP) is 3.15. The Hall–Kier alpha value is -3.42. The van der Waals surface area contributed by atoms with E-state index >= 15 is 0 Å². The number of pyridine rings is 1. The summed E-state index contributed by atoms with van der Waals surface area (Å²) in [6.45, 7) is 2.68. The van der Waals surface area contributed by atoms with E-state index in [1.807, 2.05) is 13.0 Å². The molecule has 4 rings (SSSR count). The van der Waals surface area contributed by atoms with Crippen molar-refractivity contribution in [2.24, 2.45) is 5.73 Å². The first-order valence-corrected chi connectivity index (χ1v) is 10.8. The van der Waals surface area contributed by atoms with Crippen LogP contribution in [0, 0.1) is 0 Å². The minimum Gasteiger partial charge on any atom is -0.381 e. The number of carbonyl (C=O) groups is 2. The number of carbonyl (C=O) groups excluding carboxylic acids is 2. The van der Waals surface area contributed by atoms with Gasteiger partial charge in [-0.1, -0.05) is 49.6 Å². The molecule has 0 aliphatic heterocycles. The first-order chi connectivity index (χ1) is 15.1. The van der Waals surface area contributed by atoms with Gasteiger partial charge in [-0.2, -0.15) is 5.10 Å². The number of aryl methyl sites for hydroxylation is 1. The molecule has 1 aromatic carbocycles. The number of nitrogens with one attached hydrogen (secondary N) is 2. The summed E-state index contributed by atoms with van der Waals surface area (Å²) >= 11 is 0. The molecule has 1 saturated carbocycles. The first-order valence-electron chi connectivity index (χ1n) is 10.8. The van der Waals surface area contributed by atoms with E-state index in [2.05, 4.69) is 20.7 Å². The average Bonchev–Trinajstić information content (AvgIpc) is 3.22. The Bertz CT molecular complexity index is 1070. The van der Waals surface area contributed by atoms with Crippen LogP contribution in [0.2, 0.25) is 0 Å². The number of amides is 2. The maximum Gasteiger partial charge on any atom is 0.255 e. The van der Waals surface area contributed by atoms with Gasteiger partial charge in [-0.25, -0.2) is 9.67 Å². The molecule has 0 saturated heterocycles. The molecule has 31 heavy (non-hydrogen) atoms. The molecule has 4 N–H and O–H groups in total. The van der Waals surface area contributed by atoms with Crippen molar-refractivity contribution in [2.75, 3.05) is 5.32 Å². The number of primary amides is 1. The maximum absolute atomic E-state index is 13.3. The molecule has 162 valence electrons. The SMILES string of the molecule is CCn1ncc2c(NC3CCCCC3)c(C(=O)N[C@@H](C(N)=O)c3ccccc3)cnc21. The normalized spacial score (nSPS) is 15.5. The number of hydrogen-bond acceptors (Lipinski definition) is 5. The van der Waals surface area contributed by atoms with Gasteiger partial charge in [0, 0.05) is 18.8 Å². The lowest BCUT2D eigenvalue weighted by atomic mass is 9.95. The first kappa shape index (κ1) is 20.8. The van der Waals surface area contributed by atoms with Crippen molar-refractivity contribution < 1.29 is 9.59 Å². The summed E-state index contributed by atoms with van der Waals surface area (Å²) in [4.78, 5) is 29.9. The van der Waals surface area contributed by atoms with E-state index < -0.39 is 17.9 Å². The van der Waals surface area contributed by atoms with E-state index in [9.17, 15) is 9.59 Å². The van der Waals surface area contributed by atoms with Crippen LogP contribution in [0.25, 0.3) is 11.0 Å². The third-order valence-electron chi connectivity index (χ3n) is 5.86. The van der Waals surface area contributed by atoms with Crippen molar-refractivity contribution in [1.82, 2.24) is 20.1 Å². The van der Waals surface area contributed by atoms with Gasteiger partial charge in [0.1, 0.15) is 6.04 Å². The van der Waals surface area contributed by atoms with Crippen molar-refractivity contribution in [1.29, 1.82) is 0 Å². The number of benzene rings is 1. The minimum absolute atomic E-state index is 0.289. The second kappa shape index (κ2) is 9.16. The molecule has 1 aliphatic carbocycles. The standard InChI is InChI=1S/C23H28N6O2/c1-2-29-22-17(14-26-29)20(27-16-11-7-4-8-12-16)18(13-25-22)23(31)28-19(21(24)30)15-9-5-3-6-10-15/h3,5-6,9-10,13-14,16,19H,2,4,7-8,11-12H2,1H3,(H2,24,30)(H,25,27)(H,28,31)/t19-/m1/s1. The predicted molar refractivity (Wildman–Crippen MR) is 120 cm³/mol. The lowest BCUT2D eigenvalue weighted by molar-refractivity contribution is -0.120. The molecule has 2 amide bonds. The zero-order valence-electron chi connectivity index (χ0n) is 17.7. The van der Waals surface area contributed by atoms with Gasteiger partial charge in [0.05, 0.1) is 22.8 Å². The number of nitrogens with zero attached hydrogens (tertiary/aromatic N) is 3. The van der Waals surface area contributed by atoms with E-state index in [4.69, 9.17) is 5.73 Å². The molecule has 1 fully saturated rings. The summed E-state index contributed by atoms with van der Waals surface area (Å²) in [5, 5.41) is 11.6. The molecule has 1 atom stereocenters. The van der Waals surface area contributed by atoms with E-state index in [-0.39, 0.29) is 6.04 Å². The highest BCUT2D eigenvalue weighted by atomic mass is 16.2. The second-order valence-corrected chi connectivity index (χ2v) is 7.94. The number of hydrogen-bond donors (Lipinski definition) is 3. The number of fused-ring (bicyclic) bond motifs is 1. The van der Waals surface area contributed by atoms with Crippen molar-refractivity contribution in [3.8, 4) is 0 Å². The summed E-state index contributed by atoms with van der Waals surface area (Å²) in [7, 11) is 0. The van der Waals surface area contributed by atoms with Crippen LogP contribution in [-0.4, -0.2) is 32.6 Å². The molecule has 8 heteroatoms. The highest BCUT2D eigenvalue weighted by Crippen LogP contribution is 2.30. The van der Waals surface area contributed by atoms with Gasteiger partial charge in [0.25, 0.3) is 5.91 Å². The Balaban J connectivity index is 1.70. The summed E-state index contributed by atoms with van der Waals surface area (Å²) in [5.74, 6) is -1.02. The van der Waals surface area contributed by atoms with Gasteiger partial charge in [-0.05, 0) is 25.3 Å². The Morgan fingerprint density at radius 3 is 2.58 bits per heavy atom. The summed E-state index contributed by atoms with van der Waals surface area (Å²) in [5.41, 5.74) is 8.06. The highest BCUT2D eigenvalue weighted by Gasteiger charge is 2.25. The van der Waals surface area contributed by atoms with Gasteiger partial charge in [0.2, 0.25) is 5.91 Å². The third kappa shape index (κ3) is 4.38. The summed E-state index contributed by atoms with van der Waals surface area (Å²) in [6, 6.07) is 8.36. The molecule has 2 heterocycles. The molecule has 2 aromatic heterocycles. The van der Waals surface area contributed by atoms with E-state index in [1.54, 1.807) is 41.3 Å². The zero-order chi connectivity index (χ0) is 21.8. The number of rotatable bonds is 7. The monoisotopic (exact) mass is 420 g/mol. The van der Waals surface area contributed by atoms with Crippen molar-refractivity contribution >= 4 is 28.5 Å². The fourth-order valence-electron chi connectivity index (χ4n) is 4.21. The van der Waals surface area contributed by atoms with Crippen LogP contribution in [0.5, 0.6) is 0 Å². The molecule has 8 nitrogen and oxygen atoms in total. The summed E-state index contributed by atoms with van der Waals surface area (Å²) in [6.07, 6.45) is 8.99. The Morgan fingerprint density at radius 1 is 1.16 bits per heavy atom. The van der Waals surface area contributed by atoms with Crippen LogP contribution in [-0.2, 0) is 11.3 Å². The van der Waals surface area contributed by atoms with Crippen LogP contribution < -0.4 is 16.4 Å². The van der Waals surface area contributed by atoms with Crippen molar-refractivity contribution in [3.05, 3.63) is 53.9 Å². The van der Waals surface area contributed by atoms with Gasteiger partial charge in [0.15, 0.2) is 5.65 Å². The largest absolute Gasteiger partial charge is 0.381 e. The van der Waals surface area contributed by atoms with E-state index in [0.717, 1.165) is 23.9 Å². The van der Waals surface area contributed by atoms with Crippen LogP contribution in [0.1, 0.15) is 61.0 Å². The smallest absolute Gasteiger partial charge is 0.255 e. The van der Waals surface area contributed by atoms with Gasteiger partial charge in [-0.3, -0.25) is 9.59 Å². The molecular formula is C23H28N6O2.